The molecule has 0 fully saturated rings. The molecule has 4 N–H and O–H groups in total. The quantitative estimate of drug-likeness (QED) is 0.581. The molecule has 1 rings (SSSR count). The van der Waals surface area contributed by atoms with Crippen molar-refractivity contribution in [3.8, 4) is 0 Å². The van der Waals surface area contributed by atoms with Gasteiger partial charge in [-0.25, -0.2) is 4.79 Å². The van der Waals surface area contributed by atoms with Crippen molar-refractivity contribution in [2.45, 2.75) is 39.2 Å². The Labute approximate surface area is 118 Å². The van der Waals surface area contributed by atoms with Crippen LogP contribution < -0.4 is 10.6 Å². The van der Waals surface area contributed by atoms with Gasteiger partial charge in [-0.1, -0.05) is 6.92 Å². The van der Waals surface area contributed by atoms with E-state index in [1.165, 1.54) is 0 Å². The number of nitrogens with one attached hydrogen (secondary N) is 3. The molecule has 1 aromatic rings. The summed E-state index contributed by atoms with van der Waals surface area (Å²) in [6.45, 7) is 4.39. The number of aromatic amines is 1. The van der Waals surface area contributed by atoms with Crippen molar-refractivity contribution in [3.63, 3.8) is 0 Å². The average molecular weight is 282 g/mol. The number of hydrogen-bond acceptors (Lipinski definition) is 3. The van der Waals surface area contributed by atoms with E-state index in [9.17, 15) is 9.59 Å². The first-order chi connectivity index (χ1) is 9.49. The number of carboxylic acids is 1. The fourth-order valence-corrected chi connectivity index (χ4v) is 1.77. The number of urea groups is 1. The van der Waals surface area contributed by atoms with E-state index in [1.54, 1.807) is 12.4 Å². The van der Waals surface area contributed by atoms with Crippen LogP contribution in [0.4, 0.5) is 4.79 Å². The Morgan fingerprint density at radius 2 is 2.15 bits per heavy atom. The van der Waals surface area contributed by atoms with Gasteiger partial charge in [-0.2, -0.15) is 5.10 Å². The summed E-state index contributed by atoms with van der Waals surface area (Å²) < 4.78 is 0. The number of aromatic nitrogens is 2. The van der Waals surface area contributed by atoms with Crippen LogP contribution in [0, 0.1) is 5.92 Å². The van der Waals surface area contributed by atoms with E-state index >= 15 is 0 Å². The zero-order valence-corrected chi connectivity index (χ0v) is 11.8. The molecule has 2 amide bonds. The number of carbonyl (C=O) groups excluding carboxylic acids is 1. The molecule has 1 heterocycles. The zero-order chi connectivity index (χ0) is 15.0. The first-order valence-corrected chi connectivity index (χ1v) is 6.74. The molecule has 0 aliphatic carbocycles. The first kappa shape index (κ1) is 16.0. The second kappa shape index (κ2) is 8.19. The highest BCUT2D eigenvalue weighted by Crippen LogP contribution is 2.10. The highest BCUT2D eigenvalue weighted by Gasteiger charge is 2.10. The summed E-state index contributed by atoms with van der Waals surface area (Å²) in [4.78, 5) is 22.1. The van der Waals surface area contributed by atoms with Gasteiger partial charge in [-0.05, 0) is 25.7 Å². The number of rotatable bonds is 8. The van der Waals surface area contributed by atoms with Gasteiger partial charge in [0.1, 0.15) is 0 Å². The molecular formula is C13H22N4O3. The molecule has 0 saturated heterocycles. The molecule has 0 spiro atoms. The van der Waals surface area contributed by atoms with Gasteiger partial charge in [0.2, 0.25) is 0 Å². The SMILES string of the molecule is CC(CCNC(=O)NC(C)c1cn[nH]c1)CCC(=O)O. The van der Waals surface area contributed by atoms with Crippen LogP contribution in [-0.4, -0.2) is 33.8 Å². The van der Waals surface area contributed by atoms with Gasteiger partial charge in [0.15, 0.2) is 0 Å². The smallest absolute Gasteiger partial charge is 0.315 e. The number of nitrogens with zero attached hydrogens (tertiary/aromatic N) is 1. The van der Waals surface area contributed by atoms with Gasteiger partial charge in [-0.15, -0.1) is 0 Å². The molecule has 0 aliphatic rings. The van der Waals surface area contributed by atoms with Crippen LogP contribution in [0.2, 0.25) is 0 Å². The minimum Gasteiger partial charge on any atom is -0.481 e. The monoisotopic (exact) mass is 282 g/mol. The molecule has 0 radical (unpaired) electrons. The lowest BCUT2D eigenvalue weighted by Gasteiger charge is -2.14. The third-order valence-electron chi connectivity index (χ3n) is 3.14. The minimum absolute atomic E-state index is 0.113. The Morgan fingerprint density at radius 1 is 1.40 bits per heavy atom. The van der Waals surface area contributed by atoms with Crippen molar-refractivity contribution in [1.82, 2.24) is 20.8 Å². The Hall–Kier alpha value is -2.05. The predicted molar refractivity (Wildman–Crippen MR) is 74.2 cm³/mol. The topological polar surface area (TPSA) is 107 Å². The lowest BCUT2D eigenvalue weighted by atomic mass is 10.0. The molecule has 1 aromatic heterocycles. The maximum atomic E-state index is 11.6. The number of hydrogen-bond donors (Lipinski definition) is 4. The third kappa shape index (κ3) is 6.21. The predicted octanol–water partition coefficient (Wildman–Crippen LogP) is 1.66. The number of H-pyrrole nitrogens is 1. The average Bonchev–Trinajstić information content (AvgIpc) is 2.90. The summed E-state index contributed by atoms with van der Waals surface area (Å²) in [6.07, 6.45) is 4.97. The number of carbonyl (C=O) groups is 2. The molecule has 112 valence electrons. The second-order valence-electron chi connectivity index (χ2n) is 4.98. The normalized spacial score (nSPS) is 13.5. The van der Waals surface area contributed by atoms with Crippen molar-refractivity contribution in [3.05, 3.63) is 18.0 Å². The molecule has 7 nitrogen and oxygen atoms in total. The van der Waals surface area contributed by atoms with Crippen molar-refractivity contribution in [2.24, 2.45) is 5.92 Å². The molecule has 0 aliphatic heterocycles. The maximum Gasteiger partial charge on any atom is 0.315 e. The summed E-state index contributed by atoms with van der Waals surface area (Å²) in [7, 11) is 0. The van der Waals surface area contributed by atoms with Crippen LogP contribution >= 0.6 is 0 Å². The molecule has 7 heteroatoms. The van der Waals surface area contributed by atoms with Crippen LogP contribution in [-0.2, 0) is 4.79 Å². The summed E-state index contributed by atoms with van der Waals surface area (Å²) in [5, 5.41) is 20.7. The fraction of sp³-hybridized carbons (Fsp3) is 0.615. The first-order valence-electron chi connectivity index (χ1n) is 6.74. The van der Waals surface area contributed by atoms with Crippen LogP contribution in [0.15, 0.2) is 12.4 Å². The molecule has 0 bridgehead atoms. The van der Waals surface area contributed by atoms with Gasteiger partial charge < -0.3 is 15.7 Å². The van der Waals surface area contributed by atoms with Crippen LogP contribution in [0.25, 0.3) is 0 Å². The summed E-state index contributed by atoms with van der Waals surface area (Å²) in [6, 6.07) is -0.345. The van der Waals surface area contributed by atoms with E-state index in [1.807, 2.05) is 13.8 Å². The maximum absolute atomic E-state index is 11.6. The number of carboxylic acid groups (broad SMARTS) is 1. The van der Waals surface area contributed by atoms with Gasteiger partial charge in [0, 0.05) is 24.7 Å². The molecular weight excluding hydrogens is 260 g/mol. The highest BCUT2D eigenvalue weighted by atomic mass is 16.4. The van der Waals surface area contributed by atoms with Gasteiger partial charge in [0.25, 0.3) is 0 Å². The Bertz CT molecular complexity index is 419. The van der Waals surface area contributed by atoms with Crippen LogP contribution in [0.3, 0.4) is 0 Å². The fourth-order valence-electron chi connectivity index (χ4n) is 1.77. The number of amides is 2. The summed E-state index contributed by atoms with van der Waals surface area (Å²) in [5.74, 6) is -0.505. The van der Waals surface area contributed by atoms with Gasteiger partial charge >= 0.3 is 12.0 Å². The summed E-state index contributed by atoms with van der Waals surface area (Å²) in [5.41, 5.74) is 0.912. The molecule has 2 unspecified atom stereocenters. The van der Waals surface area contributed by atoms with E-state index in [-0.39, 0.29) is 24.4 Å². The van der Waals surface area contributed by atoms with Gasteiger partial charge in [-0.3, -0.25) is 9.89 Å². The molecule has 0 aromatic carbocycles. The Kier molecular flexibility index (Phi) is 6.55. The van der Waals surface area contributed by atoms with Crippen LogP contribution in [0.1, 0.15) is 44.7 Å². The molecule has 2 atom stereocenters. The van der Waals surface area contributed by atoms with E-state index in [2.05, 4.69) is 20.8 Å². The summed E-state index contributed by atoms with van der Waals surface area (Å²) >= 11 is 0. The van der Waals surface area contributed by atoms with Crippen molar-refractivity contribution in [2.75, 3.05) is 6.54 Å². The number of aliphatic carboxylic acids is 1. The third-order valence-corrected chi connectivity index (χ3v) is 3.14. The Balaban J connectivity index is 2.15. The van der Waals surface area contributed by atoms with Crippen molar-refractivity contribution >= 4 is 12.0 Å². The standard InChI is InChI=1S/C13H22N4O3/c1-9(3-4-12(18)19)5-6-14-13(20)17-10(2)11-7-15-16-8-11/h7-10H,3-6H2,1-2H3,(H,15,16)(H,18,19)(H2,14,17,20). The Morgan fingerprint density at radius 3 is 2.75 bits per heavy atom. The van der Waals surface area contributed by atoms with Gasteiger partial charge in [0.05, 0.1) is 12.2 Å². The minimum atomic E-state index is -0.781. The van der Waals surface area contributed by atoms with Crippen molar-refractivity contribution < 1.29 is 14.7 Å². The molecule has 0 saturated carbocycles. The lowest BCUT2D eigenvalue weighted by molar-refractivity contribution is -0.137. The van der Waals surface area contributed by atoms with Crippen LogP contribution in [0.5, 0.6) is 0 Å². The van der Waals surface area contributed by atoms with Crippen molar-refractivity contribution in [1.29, 1.82) is 0 Å². The lowest BCUT2D eigenvalue weighted by Crippen LogP contribution is -2.37. The second-order valence-corrected chi connectivity index (χ2v) is 4.98. The van der Waals surface area contributed by atoms with E-state index in [4.69, 9.17) is 5.11 Å². The van der Waals surface area contributed by atoms with E-state index in [0.717, 1.165) is 12.0 Å². The molecule has 20 heavy (non-hydrogen) atoms. The largest absolute Gasteiger partial charge is 0.481 e. The zero-order valence-electron chi connectivity index (χ0n) is 11.8. The van der Waals surface area contributed by atoms with E-state index in [0.29, 0.717) is 13.0 Å². The highest BCUT2D eigenvalue weighted by molar-refractivity contribution is 5.74. The van der Waals surface area contributed by atoms with E-state index < -0.39 is 5.97 Å².